The average molecular weight is 467 g/mol. The maximum absolute atomic E-state index is 13.3. The molecule has 4 rings (SSSR count). The minimum atomic E-state index is -4.37. The van der Waals surface area contributed by atoms with Gasteiger partial charge in [0, 0.05) is 12.0 Å². The Morgan fingerprint density at radius 1 is 1.00 bits per heavy atom. The quantitative estimate of drug-likeness (QED) is 0.541. The number of imidazole rings is 1. The van der Waals surface area contributed by atoms with Crippen molar-refractivity contribution in [2.75, 3.05) is 7.11 Å². The Kier molecular flexibility index (Phi) is 6.36. The molecule has 1 aliphatic rings. The van der Waals surface area contributed by atoms with Crippen LogP contribution in [0.4, 0.5) is 13.2 Å². The highest BCUT2D eigenvalue weighted by atomic mass is 79.9. The van der Waals surface area contributed by atoms with E-state index in [0.29, 0.717) is 5.69 Å². The number of nitrogens with zero attached hydrogens (tertiary/aromatic N) is 2. The van der Waals surface area contributed by atoms with E-state index in [1.54, 1.807) is 13.2 Å². The van der Waals surface area contributed by atoms with Crippen molar-refractivity contribution in [2.45, 2.75) is 38.4 Å². The number of alkyl halides is 3. The van der Waals surface area contributed by atoms with Gasteiger partial charge in [-0.3, -0.25) is 0 Å². The summed E-state index contributed by atoms with van der Waals surface area (Å²) in [5, 5.41) is 0. The molecule has 0 atom stereocenters. The Labute approximate surface area is 178 Å². The van der Waals surface area contributed by atoms with Crippen LogP contribution in [0.1, 0.15) is 30.7 Å². The lowest BCUT2D eigenvalue weighted by Gasteiger charge is -2.10. The molecule has 0 N–H and O–H groups in total. The Morgan fingerprint density at radius 2 is 1.76 bits per heavy atom. The van der Waals surface area contributed by atoms with E-state index in [4.69, 9.17) is 4.74 Å². The number of halogens is 4. The number of rotatable bonds is 3. The molecule has 0 saturated carbocycles. The highest BCUT2D eigenvalue weighted by Crippen LogP contribution is 2.33. The maximum Gasteiger partial charge on any atom is 0.416 e. The van der Waals surface area contributed by atoms with Gasteiger partial charge in [0.1, 0.15) is 17.6 Å². The zero-order chi connectivity index (χ0) is 19.7. The maximum atomic E-state index is 13.3. The molecule has 0 saturated heterocycles. The normalized spacial score (nSPS) is 13.9. The average Bonchev–Trinajstić information content (AvgIpc) is 2.90. The molecule has 3 aromatic rings. The second-order valence-electron chi connectivity index (χ2n) is 7.05. The van der Waals surface area contributed by atoms with Crippen molar-refractivity contribution in [1.82, 2.24) is 4.57 Å². The fourth-order valence-corrected chi connectivity index (χ4v) is 3.81. The number of methoxy groups -OCH3 is 1. The number of hydrogen-bond donors (Lipinski definition) is 0. The summed E-state index contributed by atoms with van der Waals surface area (Å²) >= 11 is 0. The third-order valence-corrected chi connectivity index (χ3v) is 5.23. The molecule has 0 aliphatic carbocycles. The molecule has 1 aliphatic heterocycles. The van der Waals surface area contributed by atoms with Crippen LogP contribution in [0.5, 0.6) is 5.75 Å². The van der Waals surface area contributed by atoms with Gasteiger partial charge in [-0.05, 0) is 61.7 Å². The van der Waals surface area contributed by atoms with Crippen LogP contribution in [-0.4, -0.2) is 11.7 Å². The van der Waals surface area contributed by atoms with E-state index in [1.807, 2.05) is 28.8 Å². The van der Waals surface area contributed by atoms with E-state index in [-0.39, 0.29) is 17.0 Å². The fourth-order valence-electron chi connectivity index (χ4n) is 3.81. The third-order valence-electron chi connectivity index (χ3n) is 5.23. The number of benzene rings is 2. The lowest BCUT2D eigenvalue weighted by Crippen LogP contribution is -3.00. The van der Waals surface area contributed by atoms with Gasteiger partial charge < -0.3 is 21.7 Å². The van der Waals surface area contributed by atoms with Crippen molar-refractivity contribution < 1.29 is 39.5 Å². The Morgan fingerprint density at radius 3 is 2.45 bits per heavy atom. The minimum Gasteiger partial charge on any atom is -1.00 e. The summed E-state index contributed by atoms with van der Waals surface area (Å²) in [5.41, 5.74) is 1.74. The molecule has 2 heterocycles. The molecule has 7 heteroatoms. The first-order valence-corrected chi connectivity index (χ1v) is 9.43. The first kappa shape index (κ1) is 21.4. The largest absolute Gasteiger partial charge is 1.00 e. The standard InChI is InChI=1S/C22H22F3N2O.BrH/c1-28-19-11-9-16(10-12-19)20-15-26-13-4-2-3-8-21(26)27(20)18-7-5-6-17(14-18)22(23,24)25;/h5-7,9-12,14-15H,2-4,8,13H2,1H3;1H/q+1;/p-1. The van der Waals surface area contributed by atoms with Gasteiger partial charge in [-0.25, -0.2) is 4.57 Å². The first-order chi connectivity index (χ1) is 13.5. The van der Waals surface area contributed by atoms with Crippen LogP contribution in [0.3, 0.4) is 0 Å². The number of hydrogen-bond acceptors (Lipinski definition) is 1. The Hall–Kier alpha value is -2.28. The zero-order valence-electron chi connectivity index (χ0n) is 16.0. The van der Waals surface area contributed by atoms with E-state index >= 15 is 0 Å². The molecule has 0 amide bonds. The number of aromatic nitrogens is 2. The molecular formula is C22H22BrF3N2O. The van der Waals surface area contributed by atoms with Crippen molar-refractivity contribution >= 4 is 0 Å². The molecule has 0 fully saturated rings. The van der Waals surface area contributed by atoms with Crippen LogP contribution in [0.15, 0.2) is 54.7 Å². The van der Waals surface area contributed by atoms with Crippen LogP contribution >= 0.6 is 0 Å². The van der Waals surface area contributed by atoms with Gasteiger partial charge in [0.2, 0.25) is 0 Å². The molecular weight excluding hydrogens is 445 g/mol. The van der Waals surface area contributed by atoms with Gasteiger partial charge in [-0.2, -0.15) is 17.7 Å². The summed E-state index contributed by atoms with van der Waals surface area (Å²) in [5.74, 6) is 1.79. The van der Waals surface area contributed by atoms with Gasteiger partial charge in [0.05, 0.1) is 19.2 Å². The topological polar surface area (TPSA) is 18.0 Å². The summed E-state index contributed by atoms with van der Waals surface area (Å²) in [6.45, 7) is 0.879. The highest BCUT2D eigenvalue weighted by molar-refractivity contribution is 5.63. The van der Waals surface area contributed by atoms with Crippen LogP contribution < -0.4 is 26.3 Å². The van der Waals surface area contributed by atoms with Crippen molar-refractivity contribution in [3.8, 4) is 22.7 Å². The fraction of sp³-hybridized carbons (Fsp3) is 0.318. The molecule has 0 radical (unpaired) electrons. The number of ether oxygens (including phenoxy) is 1. The molecule has 3 nitrogen and oxygen atoms in total. The lowest BCUT2D eigenvalue weighted by molar-refractivity contribution is -0.702. The molecule has 0 unspecified atom stereocenters. The summed E-state index contributed by atoms with van der Waals surface area (Å²) in [6.07, 6.45) is 1.77. The third kappa shape index (κ3) is 4.34. The summed E-state index contributed by atoms with van der Waals surface area (Å²) < 4.78 is 49.3. The Balaban J connectivity index is 0.00000240. The van der Waals surface area contributed by atoms with Crippen molar-refractivity contribution in [2.24, 2.45) is 0 Å². The van der Waals surface area contributed by atoms with E-state index < -0.39 is 11.7 Å². The second-order valence-corrected chi connectivity index (χ2v) is 7.05. The van der Waals surface area contributed by atoms with Crippen molar-refractivity contribution in [1.29, 1.82) is 0 Å². The molecule has 0 bridgehead atoms. The zero-order valence-corrected chi connectivity index (χ0v) is 17.6. The van der Waals surface area contributed by atoms with Gasteiger partial charge in [0.15, 0.2) is 5.69 Å². The van der Waals surface area contributed by atoms with E-state index in [0.717, 1.165) is 61.1 Å². The molecule has 2 aromatic carbocycles. The van der Waals surface area contributed by atoms with Gasteiger partial charge in [-0.15, -0.1) is 0 Å². The summed E-state index contributed by atoms with van der Waals surface area (Å²) in [7, 11) is 1.61. The second kappa shape index (κ2) is 8.61. The predicted molar refractivity (Wildman–Crippen MR) is 101 cm³/mol. The minimum absolute atomic E-state index is 0. The Bertz CT molecular complexity index is 981. The number of aryl methyl sites for hydroxylation is 1. The van der Waals surface area contributed by atoms with Gasteiger partial charge in [-0.1, -0.05) is 6.07 Å². The van der Waals surface area contributed by atoms with Gasteiger partial charge in [0.25, 0.3) is 5.82 Å². The SMILES string of the molecule is COc1ccc(-c2c[n+]3c(n2-c2cccc(C(F)(F)F)c2)CCCCC3)cc1.[Br-]. The molecule has 0 spiro atoms. The first-order valence-electron chi connectivity index (χ1n) is 9.43. The molecule has 29 heavy (non-hydrogen) atoms. The van der Waals surface area contributed by atoms with Crippen LogP contribution in [0, 0.1) is 0 Å². The number of fused-ring (bicyclic) bond motifs is 1. The van der Waals surface area contributed by atoms with Crippen LogP contribution in [0.2, 0.25) is 0 Å². The van der Waals surface area contributed by atoms with E-state index in [1.165, 1.54) is 12.1 Å². The van der Waals surface area contributed by atoms with Gasteiger partial charge >= 0.3 is 6.18 Å². The van der Waals surface area contributed by atoms with E-state index in [9.17, 15) is 13.2 Å². The van der Waals surface area contributed by atoms with E-state index in [2.05, 4.69) is 10.8 Å². The van der Waals surface area contributed by atoms with Crippen LogP contribution in [-0.2, 0) is 19.1 Å². The molecule has 154 valence electrons. The summed E-state index contributed by atoms with van der Waals surface area (Å²) in [4.78, 5) is 0. The molecule has 1 aromatic heterocycles. The summed E-state index contributed by atoms with van der Waals surface area (Å²) in [6, 6.07) is 13.2. The smallest absolute Gasteiger partial charge is 0.416 e. The predicted octanol–water partition coefficient (Wildman–Crippen LogP) is 2.19. The lowest BCUT2D eigenvalue weighted by atomic mass is 10.1. The monoisotopic (exact) mass is 466 g/mol. The van der Waals surface area contributed by atoms with Crippen LogP contribution in [0.25, 0.3) is 16.9 Å². The van der Waals surface area contributed by atoms with Crippen molar-refractivity contribution in [3.63, 3.8) is 0 Å². The highest BCUT2D eigenvalue weighted by Gasteiger charge is 2.33. The van der Waals surface area contributed by atoms with Crippen molar-refractivity contribution in [3.05, 3.63) is 66.1 Å².